The Bertz CT molecular complexity index is 589. The maximum atomic E-state index is 5.04. The van der Waals surface area contributed by atoms with E-state index in [9.17, 15) is 0 Å². The van der Waals surface area contributed by atoms with Crippen LogP contribution in [0.2, 0.25) is 0 Å². The van der Waals surface area contributed by atoms with E-state index in [1.54, 1.807) is 7.11 Å². The lowest BCUT2D eigenvalue weighted by atomic mass is 10.1. The van der Waals surface area contributed by atoms with Crippen LogP contribution >= 0.6 is 0 Å². The van der Waals surface area contributed by atoms with E-state index in [4.69, 9.17) is 4.84 Å². The summed E-state index contributed by atoms with van der Waals surface area (Å²) in [5.74, 6) is 0. The highest BCUT2D eigenvalue weighted by Crippen LogP contribution is 2.14. The Kier molecular flexibility index (Phi) is 5.09. The SMILES string of the molecule is CONC(=CC(C)=Nc1ccccc1)c1ccccc1. The third-order valence-electron chi connectivity index (χ3n) is 2.71. The fraction of sp³-hybridized carbons (Fsp3) is 0.118. The molecule has 0 atom stereocenters. The summed E-state index contributed by atoms with van der Waals surface area (Å²) in [7, 11) is 1.60. The van der Waals surface area contributed by atoms with Crippen molar-refractivity contribution < 1.29 is 4.84 Å². The molecule has 0 unspecified atom stereocenters. The number of nitrogens with zero attached hydrogens (tertiary/aromatic N) is 1. The number of hydroxylamine groups is 1. The highest BCUT2D eigenvalue weighted by molar-refractivity contribution is 6.00. The molecule has 0 spiro atoms. The van der Waals surface area contributed by atoms with E-state index >= 15 is 0 Å². The summed E-state index contributed by atoms with van der Waals surface area (Å²) in [5, 5.41) is 0. The van der Waals surface area contributed by atoms with Crippen molar-refractivity contribution in [1.82, 2.24) is 5.48 Å². The molecule has 20 heavy (non-hydrogen) atoms. The molecule has 0 radical (unpaired) electrons. The van der Waals surface area contributed by atoms with Gasteiger partial charge in [-0.2, -0.15) is 0 Å². The van der Waals surface area contributed by atoms with Gasteiger partial charge in [0.1, 0.15) is 0 Å². The van der Waals surface area contributed by atoms with Gasteiger partial charge in [0.2, 0.25) is 0 Å². The Hall–Kier alpha value is -2.39. The van der Waals surface area contributed by atoms with Gasteiger partial charge in [-0.25, -0.2) is 0 Å². The molecule has 0 saturated carbocycles. The summed E-state index contributed by atoms with van der Waals surface area (Å²) in [5.41, 5.74) is 6.67. The zero-order valence-electron chi connectivity index (χ0n) is 11.7. The molecule has 3 nitrogen and oxygen atoms in total. The van der Waals surface area contributed by atoms with Crippen LogP contribution in [0.25, 0.3) is 5.70 Å². The average Bonchev–Trinajstić information content (AvgIpc) is 2.49. The van der Waals surface area contributed by atoms with E-state index < -0.39 is 0 Å². The van der Waals surface area contributed by atoms with Crippen LogP contribution in [-0.2, 0) is 4.84 Å². The first-order chi connectivity index (χ1) is 9.79. The van der Waals surface area contributed by atoms with Crippen molar-refractivity contribution in [2.24, 2.45) is 4.99 Å². The number of hydrogen-bond donors (Lipinski definition) is 1. The van der Waals surface area contributed by atoms with E-state index in [-0.39, 0.29) is 0 Å². The highest BCUT2D eigenvalue weighted by Gasteiger charge is 2.00. The lowest BCUT2D eigenvalue weighted by molar-refractivity contribution is 0.136. The smallest absolute Gasteiger partial charge is 0.0694 e. The number of benzene rings is 2. The van der Waals surface area contributed by atoms with E-state index in [0.29, 0.717) is 0 Å². The maximum absolute atomic E-state index is 5.04. The monoisotopic (exact) mass is 266 g/mol. The first kappa shape index (κ1) is 14.0. The molecule has 0 amide bonds. The lowest BCUT2D eigenvalue weighted by Gasteiger charge is -2.09. The standard InChI is InChI=1S/C17H18N2O/c1-14(18-16-11-7-4-8-12-16)13-17(19-20-2)15-9-5-3-6-10-15/h3-13,19H,1-2H3. The molecule has 3 heteroatoms. The molecule has 0 heterocycles. The van der Waals surface area contributed by atoms with Gasteiger partial charge in [0.05, 0.1) is 18.5 Å². The first-order valence-electron chi connectivity index (χ1n) is 6.46. The van der Waals surface area contributed by atoms with Crippen molar-refractivity contribution in [2.45, 2.75) is 6.92 Å². The minimum Gasteiger partial charge on any atom is -0.279 e. The molecule has 1 N–H and O–H groups in total. The number of hydrogen-bond acceptors (Lipinski definition) is 3. The Balaban J connectivity index is 2.27. The fourth-order valence-corrected chi connectivity index (χ4v) is 1.85. The Labute approximate surface area is 119 Å². The van der Waals surface area contributed by atoms with Gasteiger partial charge in [-0.3, -0.25) is 15.3 Å². The number of nitrogens with one attached hydrogen (secondary N) is 1. The Morgan fingerprint density at radius 1 is 1.00 bits per heavy atom. The molecule has 0 aliphatic carbocycles. The predicted octanol–water partition coefficient (Wildman–Crippen LogP) is 3.97. The second-order valence-corrected chi connectivity index (χ2v) is 4.32. The van der Waals surface area contributed by atoms with Gasteiger partial charge in [0.25, 0.3) is 0 Å². The quantitative estimate of drug-likeness (QED) is 0.656. The van der Waals surface area contributed by atoms with Crippen molar-refractivity contribution in [2.75, 3.05) is 7.11 Å². The van der Waals surface area contributed by atoms with Crippen LogP contribution in [0.5, 0.6) is 0 Å². The molecule has 0 aromatic heterocycles. The van der Waals surface area contributed by atoms with Crippen LogP contribution in [0.3, 0.4) is 0 Å². The van der Waals surface area contributed by atoms with Crippen LogP contribution in [0.15, 0.2) is 71.7 Å². The molecule has 0 bridgehead atoms. The van der Waals surface area contributed by atoms with Gasteiger partial charge in [-0.15, -0.1) is 0 Å². The molecule has 2 aromatic carbocycles. The zero-order chi connectivity index (χ0) is 14.2. The van der Waals surface area contributed by atoms with Gasteiger partial charge >= 0.3 is 0 Å². The van der Waals surface area contributed by atoms with Crippen molar-refractivity contribution in [3.8, 4) is 0 Å². The zero-order valence-corrected chi connectivity index (χ0v) is 11.7. The lowest BCUT2D eigenvalue weighted by Crippen LogP contribution is -2.11. The van der Waals surface area contributed by atoms with Gasteiger partial charge in [0.15, 0.2) is 0 Å². The average molecular weight is 266 g/mol. The van der Waals surface area contributed by atoms with Crippen molar-refractivity contribution in [1.29, 1.82) is 0 Å². The molecule has 0 saturated heterocycles. The van der Waals surface area contributed by atoms with Gasteiger partial charge in [-0.1, -0.05) is 48.5 Å². The van der Waals surface area contributed by atoms with E-state index in [0.717, 1.165) is 22.7 Å². The van der Waals surface area contributed by atoms with Crippen molar-refractivity contribution >= 4 is 17.1 Å². The summed E-state index contributed by atoms with van der Waals surface area (Å²) in [6.07, 6.45) is 1.96. The van der Waals surface area contributed by atoms with Gasteiger partial charge < -0.3 is 0 Å². The fourth-order valence-electron chi connectivity index (χ4n) is 1.85. The topological polar surface area (TPSA) is 33.6 Å². The summed E-state index contributed by atoms with van der Waals surface area (Å²) in [6, 6.07) is 19.9. The minimum atomic E-state index is 0.880. The number of aliphatic imine (C=N–C) groups is 1. The maximum Gasteiger partial charge on any atom is 0.0694 e. The van der Waals surface area contributed by atoms with Crippen LogP contribution in [-0.4, -0.2) is 12.8 Å². The summed E-state index contributed by atoms with van der Waals surface area (Å²) >= 11 is 0. The van der Waals surface area contributed by atoms with E-state index in [2.05, 4.69) is 10.5 Å². The van der Waals surface area contributed by atoms with Crippen molar-refractivity contribution in [3.63, 3.8) is 0 Å². The molecule has 102 valence electrons. The van der Waals surface area contributed by atoms with Crippen LogP contribution < -0.4 is 5.48 Å². The number of allylic oxidation sites excluding steroid dienone is 1. The Morgan fingerprint density at radius 2 is 1.60 bits per heavy atom. The second-order valence-electron chi connectivity index (χ2n) is 4.32. The largest absolute Gasteiger partial charge is 0.279 e. The van der Waals surface area contributed by atoms with Gasteiger partial charge in [0, 0.05) is 5.71 Å². The van der Waals surface area contributed by atoms with Crippen molar-refractivity contribution in [3.05, 3.63) is 72.3 Å². The molecule has 0 aliphatic rings. The van der Waals surface area contributed by atoms with Crippen LogP contribution in [0.1, 0.15) is 12.5 Å². The van der Waals surface area contributed by atoms with Crippen LogP contribution in [0, 0.1) is 0 Å². The van der Waals surface area contributed by atoms with E-state index in [1.165, 1.54) is 0 Å². The third kappa shape index (κ3) is 4.07. The van der Waals surface area contributed by atoms with Gasteiger partial charge in [-0.05, 0) is 30.7 Å². The molecular weight excluding hydrogens is 248 g/mol. The molecule has 0 fully saturated rings. The van der Waals surface area contributed by atoms with Crippen LogP contribution in [0.4, 0.5) is 5.69 Å². The highest BCUT2D eigenvalue weighted by atomic mass is 16.6. The molecular formula is C17H18N2O. The number of rotatable bonds is 5. The third-order valence-corrected chi connectivity index (χ3v) is 2.71. The second kappa shape index (κ2) is 7.26. The van der Waals surface area contributed by atoms with E-state index in [1.807, 2.05) is 73.7 Å². The molecule has 0 aliphatic heterocycles. The summed E-state index contributed by atoms with van der Waals surface area (Å²) in [6.45, 7) is 1.97. The Morgan fingerprint density at radius 3 is 2.20 bits per heavy atom. The minimum absolute atomic E-state index is 0.880. The first-order valence-corrected chi connectivity index (χ1v) is 6.46. The normalized spacial score (nSPS) is 12.3. The number of para-hydroxylation sites is 1. The molecule has 2 aromatic rings. The predicted molar refractivity (Wildman–Crippen MR) is 83.8 cm³/mol. The summed E-state index contributed by atoms with van der Waals surface area (Å²) < 4.78 is 0. The summed E-state index contributed by atoms with van der Waals surface area (Å²) in [4.78, 5) is 9.59. The molecule has 2 rings (SSSR count).